The minimum Gasteiger partial charge on any atom is -0.342 e. The molecule has 5 rings (SSSR count). The Bertz CT molecular complexity index is 1390. The number of hydrogen-bond acceptors (Lipinski definition) is 4. The molecule has 0 radical (unpaired) electrons. The third-order valence-electron chi connectivity index (χ3n) is 6.96. The van der Waals surface area contributed by atoms with E-state index in [1.54, 1.807) is 0 Å². The van der Waals surface area contributed by atoms with Crippen molar-refractivity contribution in [3.05, 3.63) is 95.6 Å². The normalized spacial score (nSPS) is 17.3. The minimum atomic E-state index is -0.637. The molecule has 2 aliphatic rings. The van der Waals surface area contributed by atoms with Gasteiger partial charge in [-0.1, -0.05) is 73.5 Å². The summed E-state index contributed by atoms with van der Waals surface area (Å²) in [6, 6.07) is 28.5. The molecule has 6 heteroatoms. The van der Waals surface area contributed by atoms with Gasteiger partial charge in [0.2, 0.25) is 0 Å². The third-order valence-corrected chi connectivity index (χ3v) is 6.96. The lowest BCUT2D eigenvalue weighted by Gasteiger charge is -2.15. The second-order valence-electron chi connectivity index (χ2n) is 10.1. The fourth-order valence-corrected chi connectivity index (χ4v) is 5.18. The molecule has 0 spiro atoms. The Morgan fingerprint density at radius 2 is 1.66 bits per heavy atom. The smallest absolute Gasteiger partial charge is 0.297 e. The summed E-state index contributed by atoms with van der Waals surface area (Å²) in [6.07, 6.45) is 4.21. The monoisotopic (exact) mass is 504 g/mol. The van der Waals surface area contributed by atoms with Gasteiger partial charge in [-0.25, -0.2) is 4.90 Å². The van der Waals surface area contributed by atoms with Crippen LogP contribution in [0, 0.1) is 12.0 Å². The van der Waals surface area contributed by atoms with Gasteiger partial charge in [0, 0.05) is 24.6 Å². The molecule has 1 N–H and O–H groups in total. The maximum absolute atomic E-state index is 13.9. The second-order valence-corrected chi connectivity index (χ2v) is 10.1. The minimum absolute atomic E-state index is 0.173. The predicted octanol–water partition coefficient (Wildman–Crippen LogP) is 5.02. The molecule has 1 fully saturated rings. The highest BCUT2D eigenvalue weighted by atomic mass is 16.2. The molecule has 3 aromatic rings. The first-order valence-electron chi connectivity index (χ1n) is 13.1. The van der Waals surface area contributed by atoms with Crippen molar-refractivity contribution in [1.82, 2.24) is 10.2 Å². The average Bonchev–Trinajstić information content (AvgIpc) is 3.52. The maximum atomic E-state index is 13.9. The van der Waals surface area contributed by atoms with Gasteiger partial charge in [0.25, 0.3) is 11.8 Å². The second kappa shape index (κ2) is 11.5. The number of hydrogen-bond donors (Lipinski definition) is 1. The third kappa shape index (κ3) is 5.69. The number of nitrogens with zero attached hydrogens (tertiary/aromatic N) is 3. The van der Waals surface area contributed by atoms with E-state index in [0.29, 0.717) is 11.4 Å². The van der Waals surface area contributed by atoms with Crippen molar-refractivity contribution in [2.45, 2.75) is 44.2 Å². The molecule has 192 valence electrons. The van der Waals surface area contributed by atoms with Crippen LogP contribution in [0.4, 0.5) is 11.4 Å². The lowest BCUT2D eigenvalue weighted by atomic mass is 9.90. The van der Waals surface area contributed by atoms with Crippen molar-refractivity contribution in [2.75, 3.05) is 19.0 Å². The first kappa shape index (κ1) is 25.4. The molecule has 3 aromatic carbocycles. The van der Waals surface area contributed by atoms with Crippen LogP contribution in [-0.4, -0.2) is 42.6 Å². The molecule has 1 atom stereocenters. The zero-order chi connectivity index (χ0) is 26.5. The van der Waals surface area contributed by atoms with Crippen molar-refractivity contribution in [3.8, 4) is 12.0 Å². The Hall–Kier alpha value is -4.21. The number of rotatable bonds is 6. The SMILES string of the molecule is CN(C)Cc1ccc(N=C(c2ccccc2)C2C(=O)N(C#CC(=O)NC3CCCC3)c3ccccc32)cc1. The highest BCUT2D eigenvalue weighted by Gasteiger charge is 2.40. The van der Waals surface area contributed by atoms with Gasteiger partial charge in [0.1, 0.15) is 5.92 Å². The van der Waals surface area contributed by atoms with Crippen molar-refractivity contribution in [2.24, 2.45) is 4.99 Å². The van der Waals surface area contributed by atoms with Crippen molar-refractivity contribution in [1.29, 1.82) is 0 Å². The first-order valence-corrected chi connectivity index (χ1v) is 13.1. The molecule has 38 heavy (non-hydrogen) atoms. The number of amides is 2. The van der Waals surface area contributed by atoms with Gasteiger partial charge in [-0.15, -0.1) is 0 Å². The molecule has 0 aromatic heterocycles. The van der Waals surface area contributed by atoms with Gasteiger partial charge in [-0.2, -0.15) is 0 Å². The number of anilines is 1. The summed E-state index contributed by atoms with van der Waals surface area (Å²) in [5.41, 5.74) is 5.00. The largest absolute Gasteiger partial charge is 0.342 e. The zero-order valence-electron chi connectivity index (χ0n) is 21.9. The zero-order valence-corrected chi connectivity index (χ0v) is 21.9. The van der Waals surface area contributed by atoms with Crippen LogP contribution in [0.25, 0.3) is 0 Å². The molecular formula is C32H32N4O2. The number of para-hydroxylation sites is 1. The van der Waals surface area contributed by atoms with Gasteiger partial charge >= 0.3 is 0 Å². The Labute approximate surface area is 224 Å². The Kier molecular flexibility index (Phi) is 7.67. The van der Waals surface area contributed by atoms with Crippen molar-refractivity contribution in [3.63, 3.8) is 0 Å². The van der Waals surface area contributed by atoms with E-state index in [1.165, 1.54) is 10.5 Å². The Morgan fingerprint density at radius 1 is 0.974 bits per heavy atom. The number of aliphatic imine (C=N–C) groups is 1. The van der Waals surface area contributed by atoms with Gasteiger partial charge in [0.15, 0.2) is 0 Å². The fraction of sp³-hybridized carbons (Fsp3) is 0.281. The van der Waals surface area contributed by atoms with Crippen molar-refractivity contribution >= 4 is 28.9 Å². The van der Waals surface area contributed by atoms with E-state index in [0.717, 1.165) is 49.0 Å². The number of nitrogens with one attached hydrogen (secondary N) is 1. The summed E-state index contributed by atoms with van der Waals surface area (Å²) in [4.78, 5) is 34.9. The van der Waals surface area contributed by atoms with E-state index in [4.69, 9.17) is 4.99 Å². The first-order chi connectivity index (χ1) is 18.5. The summed E-state index contributed by atoms with van der Waals surface area (Å²) in [5.74, 6) is 1.46. The molecule has 0 saturated heterocycles. The summed E-state index contributed by atoms with van der Waals surface area (Å²) in [6.45, 7) is 0.839. The van der Waals surface area contributed by atoms with E-state index in [2.05, 4.69) is 34.3 Å². The molecule has 1 heterocycles. The van der Waals surface area contributed by atoms with Gasteiger partial charge < -0.3 is 10.2 Å². The van der Waals surface area contributed by atoms with E-state index in [-0.39, 0.29) is 17.9 Å². The number of carbonyl (C=O) groups is 2. The lowest BCUT2D eigenvalue weighted by molar-refractivity contribution is -0.117. The molecule has 0 bridgehead atoms. The van der Waals surface area contributed by atoms with Crippen LogP contribution in [0.3, 0.4) is 0 Å². The molecule has 6 nitrogen and oxygen atoms in total. The van der Waals surface area contributed by atoms with Gasteiger partial charge in [-0.3, -0.25) is 14.6 Å². The van der Waals surface area contributed by atoms with Crippen LogP contribution in [0.2, 0.25) is 0 Å². The Balaban J connectivity index is 1.50. The van der Waals surface area contributed by atoms with E-state index < -0.39 is 5.92 Å². The van der Waals surface area contributed by atoms with Gasteiger partial charge in [-0.05, 0) is 61.8 Å². The van der Waals surface area contributed by atoms with Crippen LogP contribution in [-0.2, 0) is 16.1 Å². The van der Waals surface area contributed by atoms with E-state index >= 15 is 0 Å². The molecule has 1 saturated carbocycles. The molecule has 1 aliphatic carbocycles. The Morgan fingerprint density at radius 3 is 2.37 bits per heavy atom. The van der Waals surface area contributed by atoms with Crippen LogP contribution < -0.4 is 10.2 Å². The number of fused-ring (bicyclic) bond motifs is 1. The average molecular weight is 505 g/mol. The number of carbonyl (C=O) groups excluding carboxylic acids is 2. The predicted molar refractivity (Wildman–Crippen MR) is 151 cm³/mol. The lowest BCUT2D eigenvalue weighted by Crippen LogP contribution is -2.32. The fourth-order valence-electron chi connectivity index (χ4n) is 5.18. The van der Waals surface area contributed by atoms with Crippen LogP contribution in [0.5, 0.6) is 0 Å². The highest BCUT2D eigenvalue weighted by Crippen LogP contribution is 2.39. The highest BCUT2D eigenvalue weighted by molar-refractivity contribution is 6.26. The quantitative estimate of drug-likeness (QED) is 0.379. The maximum Gasteiger partial charge on any atom is 0.297 e. The molecule has 1 aliphatic heterocycles. The molecule has 1 unspecified atom stereocenters. The van der Waals surface area contributed by atoms with E-state index in [9.17, 15) is 9.59 Å². The molecule has 2 amide bonds. The van der Waals surface area contributed by atoms with Crippen LogP contribution in [0.1, 0.15) is 48.3 Å². The van der Waals surface area contributed by atoms with Crippen LogP contribution in [0.15, 0.2) is 83.9 Å². The standard InChI is InChI=1S/C32H32N4O2/c1-35(2)22-23-16-18-26(19-17-23)34-31(24-10-4-3-5-11-24)30-27-14-8-9-15-28(27)36(32(30)38)21-20-29(37)33-25-12-6-7-13-25/h3-5,8-11,14-19,25,30H,6-7,12-13,22H2,1-2H3,(H,33,37). The van der Waals surface area contributed by atoms with Crippen LogP contribution >= 0.6 is 0 Å². The summed E-state index contributed by atoms with van der Waals surface area (Å²) in [7, 11) is 4.07. The van der Waals surface area contributed by atoms with E-state index in [1.807, 2.05) is 80.8 Å². The topological polar surface area (TPSA) is 65.0 Å². The summed E-state index contributed by atoms with van der Waals surface area (Å²) >= 11 is 0. The summed E-state index contributed by atoms with van der Waals surface area (Å²) in [5, 5.41) is 2.97. The molecular weight excluding hydrogens is 472 g/mol. The van der Waals surface area contributed by atoms with Gasteiger partial charge in [0.05, 0.1) is 17.1 Å². The number of benzene rings is 3. The summed E-state index contributed by atoms with van der Waals surface area (Å²) < 4.78 is 0. The van der Waals surface area contributed by atoms with Crippen molar-refractivity contribution < 1.29 is 9.59 Å².